The van der Waals surface area contributed by atoms with Crippen LogP contribution in [0, 0.1) is 5.82 Å². The second-order valence-corrected chi connectivity index (χ2v) is 6.26. The van der Waals surface area contributed by atoms with Crippen molar-refractivity contribution < 1.29 is 4.39 Å². The fourth-order valence-corrected chi connectivity index (χ4v) is 3.20. The highest BCUT2D eigenvalue weighted by Crippen LogP contribution is 2.22. The first-order valence-corrected chi connectivity index (χ1v) is 8.15. The topological polar surface area (TPSA) is 12.0 Å². The van der Waals surface area contributed by atoms with Gasteiger partial charge in [-0.3, -0.25) is 0 Å². The van der Waals surface area contributed by atoms with Gasteiger partial charge in [-0.15, -0.1) is 11.3 Å². The predicted molar refractivity (Wildman–Crippen MR) is 85.2 cm³/mol. The summed E-state index contributed by atoms with van der Waals surface area (Å²) in [5.41, 5.74) is 0.872. The van der Waals surface area contributed by atoms with Gasteiger partial charge in [0.15, 0.2) is 0 Å². The Labute approximate surface area is 128 Å². The molecule has 1 atom stereocenters. The summed E-state index contributed by atoms with van der Waals surface area (Å²) in [5.74, 6) is -0.338. The number of nitrogens with one attached hydrogen (secondary N) is 1. The van der Waals surface area contributed by atoms with E-state index >= 15 is 0 Å². The van der Waals surface area contributed by atoms with Gasteiger partial charge in [0.25, 0.3) is 0 Å². The van der Waals surface area contributed by atoms with Crippen molar-refractivity contribution >= 4 is 22.9 Å². The maximum absolute atomic E-state index is 13.5. The summed E-state index contributed by atoms with van der Waals surface area (Å²) >= 11 is 7.81. The average Bonchev–Trinajstić information content (AvgIpc) is 2.94. The number of benzene rings is 1. The Morgan fingerprint density at radius 3 is 2.80 bits per heavy atom. The summed E-state index contributed by atoms with van der Waals surface area (Å²) in [5, 5.41) is 5.86. The minimum atomic E-state index is -0.338. The Balaban J connectivity index is 2.08. The molecule has 0 fully saturated rings. The Morgan fingerprint density at radius 1 is 1.25 bits per heavy atom. The molecule has 0 aliphatic rings. The summed E-state index contributed by atoms with van der Waals surface area (Å²) in [6.45, 7) is 3.10. The third kappa shape index (κ3) is 4.30. The molecular formula is C16H19ClFNS. The predicted octanol–water partition coefficient (Wildman–Crippen LogP) is 4.69. The second kappa shape index (κ2) is 7.77. The molecule has 2 aromatic rings. The summed E-state index contributed by atoms with van der Waals surface area (Å²) < 4.78 is 13.5. The molecule has 0 radical (unpaired) electrons. The molecule has 1 nitrogen and oxygen atoms in total. The van der Waals surface area contributed by atoms with Gasteiger partial charge in [-0.05, 0) is 48.9 Å². The van der Waals surface area contributed by atoms with E-state index in [1.807, 2.05) is 6.07 Å². The van der Waals surface area contributed by atoms with Crippen molar-refractivity contribution in [1.29, 1.82) is 0 Å². The molecule has 1 unspecified atom stereocenters. The molecule has 20 heavy (non-hydrogen) atoms. The molecule has 2 rings (SSSR count). The van der Waals surface area contributed by atoms with Gasteiger partial charge in [0, 0.05) is 10.9 Å². The third-order valence-electron chi connectivity index (χ3n) is 3.21. The SMILES string of the molecule is CCCNC(Cc1cccs1)Cc1cccc(F)c1Cl. The molecule has 1 N–H and O–H groups in total. The maximum atomic E-state index is 13.5. The fourth-order valence-electron chi connectivity index (χ4n) is 2.21. The van der Waals surface area contributed by atoms with Crippen LogP contribution in [0.4, 0.5) is 4.39 Å². The Hall–Kier alpha value is -0.900. The zero-order chi connectivity index (χ0) is 14.4. The van der Waals surface area contributed by atoms with Gasteiger partial charge >= 0.3 is 0 Å². The molecule has 0 saturated heterocycles. The maximum Gasteiger partial charge on any atom is 0.142 e. The first-order valence-electron chi connectivity index (χ1n) is 6.89. The van der Waals surface area contributed by atoms with E-state index in [-0.39, 0.29) is 16.9 Å². The molecule has 0 saturated carbocycles. The van der Waals surface area contributed by atoms with Crippen LogP contribution < -0.4 is 5.32 Å². The Morgan fingerprint density at radius 2 is 2.10 bits per heavy atom. The first-order chi connectivity index (χ1) is 9.70. The lowest BCUT2D eigenvalue weighted by molar-refractivity contribution is 0.506. The van der Waals surface area contributed by atoms with Gasteiger partial charge in [0.1, 0.15) is 5.82 Å². The van der Waals surface area contributed by atoms with E-state index in [9.17, 15) is 4.39 Å². The van der Waals surface area contributed by atoms with Gasteiger partial charge in [-0.1, -0.05) is 36.7 Å². The highest BCUT2D eigenvalue weighted by Gasteiger charge is 2.14. The van der Waals surface area contributed by atoms with E-state index < -0.39 is 0 Å². The lowest BCUT2D eigenvalue weighted by Gasteiger charge is -2.18. The molecule has 108 valence electrons. The van der Waals surface area contributed by atoms with Crippen molar-refractivity contribution in [1.82, 2.24) is 5.32 Å². The van der Waals surface area contributed by atoms with E-state index in [4.69, 9.17) is 11.6 Å². The van der Waals surface area contributed by atoms with E-state index in [0.717, 1.165) is 31.4 Å². The minimum Gasteiger partial charge on any atom is -0.313 e. The minimum absolute atomic E-state index is 0.252. The highest BCUT2D eigenvalue weighted by molar-refractivity contribution is 7.09. The second-order valence-electron chi connectivity index (χ2n) is 4.85. The first kappa shape index (κ1) is 15.5. The lowest BCUT2D eigenvalue weighted by Crippen LogP contribution is -2.33. The molecule has 0 amide bonds. The van der Waals surface area contributed by atoms with Crippen LogP contribution in [0.2, 0.25) is 5.02 Å². The van der Waals surface area contributed by atoms with Gasteiger partial charge in [0.05, 0.1) is 5.02 Å². The Bertz CT molecular complexity index is 527. The number of halogens is 2. The van der Waals surface area contributed by atoms with Gasteiger partial charge in [-0.25, -0.2) is 4.39 Å². The molecular weight excluding hydrogens is 293 g/mol. The van der Waals surface area contributed by atoms with Gasteiger partial charge in [0.2, 0.25) is 0 Å². The summed E-state index contributed by atoms with van der Waals surface area (Å²) in [6, 6.07) is 9.51. The van der Waals surface area contributed by atoms with Crippen molar-refractivity contribution in [2.45, 2.75) is 32.2 Å². The van der Waals surface area contributed by atoms with Crippen LogP contribution in [0.15, 0.2) is 35.7 Å². The third-order valence-corrected chi connectivity index (χ3v) is 4.53. The van der Waals surface area contributed by atoms with E-state index in [0.29, 0.717) is 0 Å². The molecule has 1 aromatic carbocycles. The molecule has 4 heteroatoms. The summed E-state index contributed by atoms with van der Waals surface area (Å²) in [6.07, 6.45) is 2.77. The van der Waals surface area contributed by atoms with Crippen molar-refractivity contribution in [3.8, 4) is 0 Å². The number of rotatable bonds is 7. The lowest BCUT2D eigenvalue weighted by atomic mass is 10.0. The van der Waals surface area contributed by atoms with Gasteiger partial charge in [-0.2, -0.15) is 0 Å². The normalized spacial score (nSPS) is 12.6. The van der Waals surface area contributed by atoms with Crippen LogP contribution in [0.1, 0.15) is 23.8 Å². The van der Waals surface area contributed by atoms with E-state index in [2.05, 4.69) is 29.8 Å². The standard InChI is InChI=1S/C16H19ClFNS/c1-2-8-19-13(11-14-6-4-9-20-14)10-12-5-3-7-15(18)16(12)17/h3-7,9,13,19H,2,8,10-11H2,1H3. The highest BCUT2D eigenvalue weighted by atomic mass is 35.5. The van der Waals surface area contributed by atoms with Crippen molar-refractivity contribution in [3.63, 3.8) is 0 Å². The molecule has 0 aliphatic heterocycles. The summed E-state index contributed by atoms with van der Waals surface area (Å²) in [7, 11) is 0. The zero-order valence-corrected chi connectivity index (χ0v) is 13.1. The molecule has 0 aliphatic carbocycles. The van der Waals surface area contributed by atoms with Gasteiger partial charge < -0.3 is 5.32 Å². The van der Waals surface area contributed by atoms with Crippen LogP contribution >= 0.6 is 22.9 Å². The number of thiophene rings is 1. The van der Waals surface area contributed by atoms with Crippen molar-refractivity contribution in [2.24, 2.45) is 0 Å². The molecule has 1 aromatic heterocycles. The number of hydrogen-bond donors (Lipinski definition) is 1. The average molecular weight is 312 g/mol. The fraction of sp³-hybridized carbons (Fsp3) is 0.375. The molecule has 0 spiro atoms. The van der Waals surface area contributed by atoms with Crippen LogP contribution in [0.25, 0.3) is 0 Å². The van der Waals surface area contributed by atoms with Crippen molar-refractivity contribution in [3.05, 3.63) is 57.0 Å². The van der Waals surface area contributed by atoms with Crippen LogP contribution in [0.3, 0.4) is 0 Å². The quantitative estimate of drug-likeness (QED) is 0.782. The van der Waals surface area contributed by atoms with Crippen LogP contribution in [-0.2, 0) is 12.8 Å². The summed E-state index contributed by atoms with van der Waals surface area (Å²) in [4.78, 5) is 1.34. The van der Waals surface area contributed by atoms with Crippen LogP contribution in [0.5, 0.6) is 0 Å². The van der Waals surface area contributed by atoms with Crippen LogP contribution in [-0.4, -0.2) is 12.6 Å². The smallest absolute Gasteiger partial charge is 0.142 e. The van der Waals surface area contributed by atoms with E-state index in [1.54, 1.807) is 17.4 Å². The largest absolute Gasteiger partial charge is 0.313 e. The molecule has 0 bridgehead atoms. The molecule has 1 heterocycles. The van der Waals surface area contributed by atoms with E-state index in [1.165, 1.54) is 10.9 Å². The zero-order valence-electron chi connectivity index (χ0n) is 11.5. The van der Waals surface area contributed by atoms with Crippen molar-refractivity contribution in [2.75, 3.05) is 6.54 Å². The monoisotopic (exact) mass is 311 g/mol. The Kier molecular flexibility index (Phi) is 6.02. The number of hydrogen-bond acceptors (Lipinski definition) is 2.